The molecule has 3 aliphatic rings. The number of anilines is 1. The van der Waals surface area contributed by atoms with E-state index in [4.69, 9.17) is 27.9 Å². The van der Waals surface area contributed by atoms with Crippen molar-refractivity contribution in [2.75, 3.05) is 4.90 Å². The highest BCUT2D eigenvalue weighted by Gasteiger charge is 2.72. The molecule has 2 bridgehead atoms. The molecule has 3 saturated heterocycles. The van der Waals surface area contributed by atoms with E-state index in [0.29, 0.717) is 15.7 Å². The van der Waals surface area contributed by atoms with E-state index in [0.717, 1.165) is 12.8 Å². The zero-order chi connectivity index (χ0) is 15.9. The Morgan fingerprint density at radius 3 is 1.91 bits per heavy atom. The molecule has 1 aromatic rings. The van der Waals surface area contributed by atoms with Crippen LogP contribution in [0.2, 0.25) is 10.0 Å². The number of amides is 2. The Morgan fingerprint density at radius 2 is 1.45 bits per heavy atom. The highest BCUT2D eigenvalue weighted by atomic mass is 35.5. The molecule has 6 heteroatoms. The number of benzene rings is 1. The van der Waals surface area contributed by atoms with Crippen LogP contribution in [0.25, 0.3) is 0 Å². The number of imide groups is 1. The van der Waals surface area contributed by atoms with Gasteiger partial charge in [0.2, 0.25) is 11.8 Å². The van der Waals surface area contributed by atoms with E-state index in [1.54, 1.807) is 18.2 Å². The topological polar surface area (TPSA) is 46.6 Å². The summed E-state index contributed by atoms with van der Waals surface area (Å²) in [6.07, 6.45) is 1.60. The SMILES string of the molecule is CC12CCC(C)(O1)[C@H]1C(=O)N(c3cc(Cl)cc(Cl)c3)C(=O)[C@H]12. The largest absolute Gasteiger partial charge is 0.367 e. The highest BCUT2D eigenvalue weighted by molar-refractivity contribution is 6.35. The van der Waals surface area contributed by atoms with Crippen LogP contribution in [-0.4, -0.2) is 23.0 Å². The highest BCUT2D eigenvalue weighted by Crippen LogP contribution is 2.61. The number of hydrogen-bond acceptors (Lipinski definition) is 3. The standard InChI is InChI=1S/C16H15Cl2NO3/c1-15-3-4-16(2,22-15)12-11(15)13(20)19(14(12)21)10-6-8(17)5-9(18)7-10/h5-7,11-12H,3-4H2,1-2H3/t11-,12+,15?,16?. The lowest BCUT2D eigenvalue weighted by Crippen LogP contribution is -2.40. The molecule has 4 rings (SSSR count). The monoisotopic (exact) mass is 339 g/mol. The molecule has 0 aromatic heterocycles. The average Bonchev–Trinajstić information content (AvgIpc) is 2.93. The molecule has 2 amide bonds. The molecular formula is C16H15Cl2NO3. The summed E-state index contributed by atoms with van der Waals surface area (Å²) >= 11 is 12.0. The van der Waals surface area contributed by atoms with Crippen LogP contribution < -0.4 is 4.90 Å². The fourth-order valence-corrected chi connectivity index (χ4v) is 4.91. The van der Waals surface area contributed by atoms with Gasteiger partial charge in [0.15, 0.2) is 0 Å². The fourth-order valence-electron chi connectivity index (χ4n) is 4.39. The first-order valence-corrected chi connectivity index (χ1v) is 8.05. The maximum Gasteiger partial charge on any atom is 0.240 e. The van der Waals surface area contributed by atoms with Crippen LogP contribution >= 0.6 is 23.2 Å². The van der Waals surface area contributed by atoms with Gasteiger partial charge >= 0.3 is 0 Å². The Bertz CT molecular complexity index is 667. The van der Waals surface area contributed by atoms with Crippen molar-refractivity contribution in [1.29, 1.82) is 0 Å². The summed E-state index contributed by atoms with van der Waals surface area (Å²) in [4.78, 5) is 27.0. The van der Waals surface area contributed by atoms with Gasteiger partial charge in [0.1, 0.15) is 0 Å². The number of ether oxygens (including phenoxy) is 1. The van der Waals surface area contributed by atoms with Gasteiger partial charge in [-0.1, -0.05) is 23.2 Å². The molecule has 4 nitrogen and oxygen atoms in total. The number of carbonyl (C=O) groups excluding carboxylic acids is 2. The van der Waals surface area contributed by atoms with Crippen molar-refractivity contribution in [3.8, 4) is 0 Å². The molecule has 0 spiro atoms. The first-order valence-electron chi connectivity index (χ1n) is 7.29. The Labute approximate surface area is 138 Å². The molecule has 0 saturated carbocycles. The van der Waals surface area contributed by atoms with Crippen LogP contribution in [0, 0.1) is 11.8 Å². The van der Waals surface area contributed by atoms with Gasteiger partial charge in [0, 0.05) is 10.0 Å². The maximum absolute atomic E-state index is 12.9. The van der Waals surface area contributed by atoms with Crippen molar-refractivity contribution in [1.82, 2.24) is 0 Å². The first kappa shape index (κ1) is 14.5. The Balaban J connectivity index is 1.82. The third-order valence-corrected chi connectivity index (χ3v) is 5.75. The summed E-state index contributed by atoms with van der Waals surface area (Å²) in [5, 5.41) is 0.800. The van der Waals surface area contributed by atoms with E-state index in [2.05, 4.69) is 0 Å². The normalized spacial score (nSPS) is 39.7. The van der Waals surface area contributed by atoms with Crippen molar-refractivity contribution < 1.29 is 14.3 Å². The third kappa shape index (κ3) is 1.69. The van der Waals surface area contributed by atoms with Crippen LogP contribution in [-0.2, 0) is 14.3 Å². The van der Waals surface area contributed by atoms with Crippen LogP contribution in [0.15, 0.2) is 18.2 Å². The minimum Gasteiger partial charge on any atom is -0.367 e. The zero-order valence-electron chi connectivity index (χ0n) is 12.2. The summed E-state index contributed by atoms with van der Waals surface area (Å²) in [7, 11) is 0. The smallest absolute Gasteiger partial charge is 0.240 e. The quantitative estimate of drug-likeness (QED) is 0.736. The van der Waals surface area contributed by atoms with Crippen LogP contribution in [0.4, 0.5) is 5.69 Å². The predicted octanol–water partition coefficient (Wildman–Crippen LogP) is 3.44. The molecule has 3 fully saturated rings. The minimum absolute atomic E-state index is 0.209. The number of hydrogen-bond donors (Lipinski definition) is 0. The Kier molecular flexibility index (Phi) is 2.80. The van der Waals surface area contributed by atoms with E-state index in [9.17, 15) is 9.59 Å². The van der Waals surface area contributed by atoms with Gasteiger partial charge in [-0.05, 0) is 44.9 Å². The molecule has 1 aromatic carbocycles. The second kappa shape index (κ2) is 4.25. The molecule has 0 N–H and O–H groups in total. The second-order valence-electron chi connectivity index (χ2n) is 6.82. The lowest BCUT2D eigenvalue weighted by atomic mass is 9.69. The van der Waals surface area contributed by atoms with Crippen LogP contribution in [0.5, 0.6) is 0 Å². The summed E-state index contributed by atoms with van der Waals surface area (Å²) in [5.74, 6) is -1.26. The summed E-state index contributed by atoms with van der Waals surface area (Å²) in [6, 6.07) is 4.77. The molecule has 2 unspecified atom stereocenters. The molecule has 0 radical (unpaired) electrons. The molecule has 3 aliphatic heterocycles. The van der Waals surface area contributed by atoms with E-state index >= 15 is 0 Å². The van der Waals surface area contributed by atoms with E-state index in [-0.39, 0.29) is 11.8 Å². The van der Waals surface area contributed by atoms with Crippen molar-refractivity contribution in [2.24, 2.45) is 11.8 Å². The number of rotatable bonds is 1. The Hall–Kier alpha value is -1.10. The summed E-state index contributed by atoms with van der Waals surface area (Å²) < 4.78 is 6.07. The number of carbonyl (C=O) groups is 2. The van der Waals surface area contributed by atoms with E-state index in [1.807, 2.05) is 13.8 Å². The molecule has 116 valence electrons. The minimum atomic E-state index is -0.552. The van der Waals surface area contributed by atoms with Crippen molar-refractivity contribution in [3.05, 3.63) is 28.2 Å². The molecule has 0 aliphatic carbocycles. The molecule has 22 heavy (non-hydrogen) atoms. The van der Waals surface area contributed by atoms with Gasteiger partial charge in [-0.3, -0.25) is 9.59 Å². The first-order chi connectivity index (χ1) is 10.3. The zero-order valence-corrected chi connectivity index (χ0v) is 13.7. The second-order valence-corrected chi connectivity index (χ2v) is 7.70. The lowest BCUT2D eigenvalue weighted by Gasteiger charge is -2.27. The molecule has 3 heterocycles. The van der Waals surface area contributed by atoms with Gasteiger partial charge in [-0.25, -0.2) is 4.90 Å². The van der Waals surface area contributed by atoms with Crippen molar-refractivity contribution in [3.63, 3.8) is 0 Å². The average molecular weight is 340 g/mol. The van der Waals surface area contributed by atoms with Gasteiger partial charge in [-0.2, -0.15) is 0 Å². The fraction of sp³-hybridized carbons (Fsp3) is 0.500. The predicted molar refractivity (Wildman–Crippen MR) is 83.1 cm³/mol. The number of nitrogens with zero attached hydrogens (tertiary/aromatic N) is 1. The summed E-state index contributed by atoms with van der Waals surface area (Å²) in [6.45, 7) is 3.87. The Morgan fingerprint density at radius 1 is 1.00 bits per heavy atom. The molecule has 4 atom stereocenters. The van der Waals surface area contributed by atoms with Crippen LogP contribution in [0.3, 0.4) is 0 Å². The number of fused-ring (bicyclic) bond motifs is 5. The van der Waals surface area contributed by atoms with Crippen LogP contribution in [0.1, 0.15) is 26.7 Å². The molecular weight excluding hydrogens is 325 g/mol. The van der Waals surface area contributed by atoms with E-state index < -0.39 is 23.0 Å². The third-order valence-electron chi connectivity index (χ3n) is 5.31. The van der Waals surface area contributed by atoms with E-state index in [1.165, 1.54) is 4.90 Å². The lowest BCUT2D eigenvalue weighted by molar-refractivity contribution is -0.129. The number of halogens is 2. The van der Waals surface area contributed by atoms with Crippen molar-refractivity contribution in [2.45, 2.75) is 37.9 Å². The van der Waals surface area contributed by atoms with Gasteiger partial charge in [0.05, 0.1) is 28.7 Å². The summed E-state index contributed by atoms with van der Waals surface area (Å²) in [5.41, 5.74) is -0.666. The van der Waals surface area contributed by atoms with Gasteiger partial charge in [0.25, 0.3) is 0 Å². The van der Waals surface area contributed by atoms with Crippen molar-refractivity contribution >= 4 is 40.7 Å². The maximum atomic E-state index is 12.9. The van der Waals surface area contributed by atoms with Gasteiger partial charge in [-0.15, -0.1) is 0 Å². The van der Waals surface area contributed by atoms with Gasteiger partial charge < -0.3 is 4.74 Å².